The fourth-order valence-electron chi connectivity index (χ4n) is 1.41. The van der Waals surface area contributed by atoms with Crippen LogP contribution in [0.25, 0.3) is 0 Å². The van der Waals surface area contributed by atoms with E-state index in [1.54, 1.807) is 12.1 Å². The van der Waals surface area contributed by atoms with Gasteiger partial charge in [-0.3, -0.25) is 4.79 Å². The fraction of sp³-hybridized carbons (Fsp3) is 0.273. The summed E-state index contributed by atoms with van der Waals surface area (Å²) in [6.45, 7) is 0. The van der Waals surface area contributed by atoms with E-state index >= 15 is 0 Å². The van der Waals surface area contributed by atoms with Crippen molar-refractivity contribution in [2.45, 2.75) is 12.5 Å². The van der Waals surface area contributed by atoms with E-state index in [1.165, 1.54) is 6.07 Å². The minimum Gasteiger partial charge on any atom is -0.479 e. The number of aliphatic hydroxyl groups is 1. The Morgan fingerprint density at radius 3 is 2.59 bits per heavy atom. The van der Waals surface area contributed by atoms with Crippen molar-refractivity contribution in [3.8, 4) is 0 Å². The van der Waals surface area contributed by atoms with Crippen molar-refractivity contribution < 1.29 is 19.8 Å². The summed E-state index contributed by atoms with van der Waals surface area (Å²) in [4.78, 5) is 22.5. The zero-order valence-electron chi connectivity index (χ0n) is 8.69. The molecule has 1 aromatic carbocycles. The van der Waals surface area contributed by atoms with Crippen molar-refractivity contribution in [2.75, 3.05) is 5.88 Å². The Labute approximate surface area is 111 Å². The summed E-state index contributed by atoms with van der Waals surface area (Å²) in [7, 11) is 0. The summed E-state index contributed by atoms with van der Waals surface area (Å²) in [5.74, 6) is -1.56. The number of ketones is 1. The molecular weight excluding hydrogens is 311 g/mol. The summed E-state index contributed by atoms with van der Waals surface area (Å²) in [6.07, 6.45) is -1.63. The monoisotopic (exact) mass is 320 g/mol. The van der Waals surface area contributed by atoms with Crippen LogP contribution in [-0.2, 0) is 4.79 Å². The van der Waals surface area contributed by atoms with Gasteiger partial charge in [0.15, 0.2) is 11.9 Å². The minimum absolute atomic E-state index is 0.0713. The Bertz CT molecular complexity index is 447. The number of carboxylic acid groups (broad SMARTS) is 1. The average molecular weight is 322 g/mol. The van der Waals surface area contributed by atoms with Gasteiger partial charge in [0.1, 0.15) is 0 Å². The number of benzene rings is 1. The van der Waals surface area contributed by atoms with Crippen LogP contribution < -0.4 is 0 Å². The molecule has 0 bridgehead atoms. The number of Topliss-reactive ketones (excluding diaryl/α,β-unsaturated/α-hetero) is 1. The lowest BCUT2D eigenvalue weighted by atomic mass is 9.98. The van der Waals surface area contributed by atoms with Gasteiger partial charge in [0.2, 0.25) is 0 Å². The van der Waals surface area contributed by atoms with Crippen LogP contribution in [0.2, 0.25) is 0 Å². The Hall–Kier alpha value is -0.910. The molecule has 2 N–H and O–H groups in total. The van der Waals surface area contributed by atoms with Crippen LogP contribution >= 0.6 is 27.5 Å². The van der Waals surface area contributed by atoms with Crippen LogP contribution in [0, 0.1) is 0 Å². The molecule has 0 aliphatic heterocycles. The summed E-state index contributed by atoms with van der Waals surface area (Å²) >= 11 is 8.65. The summed E-state index contributed by atoms with van der Waals surface area (Å²) in [5, 5.41) is 18.3. The molecule has 0 saturated carbocycles. The highest BCUT2D eigenvalue weighted by molar-refractivity contribution is 9.10. The van der Waals surface area contributed by atoms with E-state index in [0.29, 0.717) is 4.47 Å². The van der Waals surface area contributed by atoms with E-state index in [1.807, 2.05) is 0 Å². The van der Waals surface area contributed by atoms with Gasteiger partial charge < -0.3 is 10.2 Å². The van der Waals surface area contributed by atoms with Crippen molar-refractivity contribution in [1.82, 2.24) is 0 Å². The first-order valence-electron chi connectivity index (χ1n) is 4.77. The van der Waals surface area contributed by atoms with E-state index in [4.69, 9.17) is 16.7 Å². The van der Waals surface area contributed by atoms with Crippen molar-refractivity contribution in [3.05, 3.63) is 33.8 Å². The van der Waals surface area contributed by atoms with Gasteiger partial charge in [0, 0.05) is 27.9 Å². The topological polar surface area (TPSA) is 74.6 Å². The molecule has 0 aliphatic rings. The first-order valence-corrected chi connectivity index (χ1v) is 6.10. The van der Waals surface area contributed by atoms with E-state index in [-0.39, 0.29) is 29.2 Å². The molecule has 0 heterocycles. The molecule has 17 heavy (non-hydrogen) atoms. The van der Waals surface area contributed by atoms with Crippen molar-refractivity contribution in [2.24, 2.45) is 0 Å². The van der Waals surface area contributed by atoms with Crippen LogP contribution in [-0.4, -0.2) is 27.8 Å². The molecule has 0 saturated heterocycles. The van der Waals surface area contributed by atoms with Crippen LogP contribution in [0.15, 0.2) is 22.7 Å². The number of carbonyl (C=O) groups excluding carboxylic acids is 1. The highest BCUT2D eigenvalue weighted by Crippen LogP contribution is 2.27. The third-order valence-corrected chi connectivity index (χ3v) is 3.02. The highest BCUT2D eigenvalue weighted by Gasteiger charge is 2.24. The molecule has 1 aromatic rings. The number of hydrogen-bond acceptors (Lipinski definition) is 3. The molecule has 6 heteroatoms. The largest absolute Gasteiger partial charge is 0.479 e. The predicted octanol–water partition coefficient (Wildman–Crippen LogP) is 2.38. The second kappa shape index (κ2) is 6.14. The lowest BCUT2D eigenvalue weighted by Gasteiger charge is -2.12. The minimum atomic E-state index is -1.72. The number of carbonyl (C=O) groups is 2. The SMILES string of the molecule is O=C(CCCl)c1c(Br)cccc1C(O)C(=O)O. The third-order valence-electron chi connectivity index (χ3n) is 2.17. The van der Waals surface area contributed by atoms with Crippen LogP contribution in [0.1, 0.15) is 28.4 Å². The van der Waals surface area contributed by atoms with Gasteiger partial charge in [-0.25, -0.2) is 4.79 Å². The maximum absolute atomic E-state index is 11.8. The number of aliphatic carboxylic acids is 1. The zero-order valence-corrected chi connectivity index (χ0v) is 11.0. The van der Waals surface area contributed by atoms with Crippen molar-refractivity contribution >= 4 is 39.3 Å². The number of rotatable bonds is 5. The quantitative estimate of drug-likeness (QED) is 0.645. The fourth-order valence-corrected chi connectivity index (χ4v) is 2.18. The maximum atomic E-state index is 11.8. The maximum Gasteiger partial charge on any atom is 0.337 e. The standard InChI is InChI=1S/C11H10BrClO4/c12-7-3-1-2-6(10(15)11(16)17)9(7)8(14)4-5-13/h1-3,10,15H,4-5H2,(H,16,17). The molecule has 92 valence electrons. The Morgan fingerprint density at radius 1 is 1.41 bits per heavy atom. The van der Waals surface area contributed by atoms with E-state index in [9.17, 15) is 14.7 Å². The highest BCUT2D eigenvalue weighted by atomic mass is 79.9. The number of aliphatic hydroxyl groups excluding tert-OH is 1. The number of hydrogen-bond donors (Lipinski definition) is 2. The van der Waals surface area contributed by atoms with Gasteiger partial charge in [0.25, 0.3) is 0 Å². The molecular formula is C11H10BrClO4. The average Bonchev–Trinajstić information content (AvgIpc) is 2.27. The number of alkyl halides is 1. The normalized spacial score (nSPS) is 12.2. The van der Waals surface area contributed by atoms with Crippen LogP contribution in [0.3, 0.4) is 0 Å². The van der Waals surface area contributed by atoms with Gasteiger partial charge in [-0.05, 0) is 6.07 Å². The van der Waals surface area contributed by atoms with Gasteiger partial charge in [-0.1, -0.05) is 28.1 Å². The molecule has 1 atom stereocenters. The number of carboxylic acids is 1. The molecule has 0 radical (unpaired) electrons. The zero-order chi connectivity index (χ0) is 13.0. The first kappa shape index (κ1) is 14.2. The van der Waals surface area contributed by atoms with Crippen LogP contribution in [0.4, 0.5) is 0 Å². The van der Waals surface area contributed by atoms with Crippen molar-refractivity contribution in [1.29, 1.82) is 0 Å². The second-order valence-electron chi connectivity index (χ2n) is 3.31. The number of halogens is 2. The molecule has 1 unspecified atom stereocenters. The summed E-state index contributed by atoms with van der Waals surface area (Å²) in [6, 6.07) is 4.58. The molecule has 0 aliphatic carbocycles. The molecule has 4 nitrogen and oxygen atoms in total. The van der Waals surface area contributed by atoms with Crippen LogP contribution in [0.5, 0.6) is 0 Å². The van der Waals surface area contributed by atoms with E-state index in [2.05, 4.69) is 15.9 Å². The molecule has 0 fully saturated rings. The predicted molar refractivity (Wildman–Crippen MR) is 66.4 cm³/mol. The first-order chi connectivity index (χ1) is 7.99. The summed E-state index contributed by atoms with van der Waals surface area (Å²) in [5.41, 5.74) is 0.241. The smallest absolute Gasteiger partial charge is 0.337 e. The summed E-state index contributed by atoms with van der Waals surface area (Å²) < 4.78 is 0.449. The Balaban J connectivity index is 3.26. The Kier molecular flexibility index (Phi) is 5.11. The molecule has 0 aromatic heterocycles. The van der Waals surface area contributed by atoms with Gasteiger partial charge in [0.05, 0.1) is 0 Å². The van der Waals surface area contributed by atoms with Gasteiger partial charge >= 0.3 is 5.97 Å². The molecule has 1 rings (SSSR count). The molecule has 0 amide bonds. The van der Waals surface area contributed by atoms with Gasteiger partial charge in [-0.2, -0.15) is 0 Å². The second-order valence-corrected chi connectivity index (χ2v) is 4.54. The molecule has 0 spiro atoms. The van der Waals surface area contributed by atoms with E-state index < -0.39 is 12.1 Å². The lowest BCUT2D eigenvalue weighted by Crippen LogP contribution is -2.15. The third kappa shape index (κ3) is 3.28. The Morgan fingerprint density at radius 2 is 2.06 bits per heavy atom. The van der Waals surface area contributed by atoms with Gasteiger partial charge in [-0.15, -0.1) is 11.6 Å². The van der Waals surface area contributed by atoms with Crippen molar-refractivity contribution in [3.63, 3.8) is 0 Å². The lowest BCUT2D eigenvalue weighted by molar-refractivity contribution is -0.146. The van der Waals surface area contributed by atoms with E-state index in [0.717, 1.165) is 0 Å².